The Hall–Kier alpha value is -1.67. The Morgan fingerprint density at radius 2 is 2.14 bits per heavy atom. The van der Waals surface area contributed by atoms with E-state index in [9.17, 15) is 9.18 Å². The molecule has 0 aliphatic carbocycles. The third kappa shape index (κ3) is 2.93. The number of benzene rings is 1. The number of amides is 1. The van der Waals surface area contributed by atoms with Gasteiger partial charge >= 0.3 is 0 Å². The molecule has 1 saturated heterocycles. The smallest absolute Gasteiger partial charge is 0.240 e. The molecule has 2 aromatic rings. The zero-order valence-electron chi connectivity index (χ0n) is 12.2. The van der Waals surface area contributed by atoms with Crippen LogP contribution in [0.15, 0.2) is 28.6 Å². The monoisotopic (exact) mass is 338 g/mol. The van der Waals surface area contributed by atoms with Gasteiger partial charge in [-0.25, -0.2) is 4.39 Å². The zero-order chi connectivity index (χ0) is 15.7. The number of carbonyl (C=O) groups is 1. The molecule has 0 saturated carbocycles. The second-order valence-corrected chi connectivity index (χ2v) is 7.49. The highest BCUT2D eigenvalue weighted by atomic mass is 32.2. The minimum absolute atomic E-state index is 0.0725. The molecular formula is C14H15FN4OS2. The molecule has 1 amide bonds. The summed E-state index contributed by atoms with van der Waals surface area (Å²) in [5.41, 5.74) is 0.349. The van der Waals surface area contributed by atoms with Crippen LogP contribution in [0.1, 0.15) is 6.42 Å². The van der Waals surface area contributed by atoms with Gasteiger partial charge in [-0.3, -0.25) is 4.79 Å². The third-order valence-corrected chi connectivity index (χ3v) is 5.75. The van der Waals surface area contributed by atoms with Crippen LogP contribution in [0.4, 0.5) is 15.2 Å². The lowest BCUT2D eigenvalue weighted by Gasteiger charge is -2.16. The van der Waals surface area contributed by atoms with Gasteiger partial charge < -0.3 is 9.80 Å². The Kier molecular flexibility index (Phi) is 4.30. The highest BCUT2D eigenvalue weighted by Crippen LogP contribution is 2.36. The van der Waals surface area contributed by atoms with Crippen molar-refractivity contribution in [1.82, 2.24) is 10.2 Å². The van der Waals surface area contributed by atoms with Crippen LogP contribution < -0.4 is 9.80 Å². The van der Waals surface area contributed by atoms with Crippen LogP contribution in [-0.4, -0.2) is 42.0 Å². The first kappa shape index (κ1) is 15.2. The van der Waals surface area contributed by atoms with Crippen LogP contribution in [-0.2, 0) is 4.79 Å². The van der Waals surface area contributed by atoms with Gasteiger partial charge in [-0.1, -0.05) is 35.2 Å². The summed E-state index contributed by atoms with van der Waals surface area (Å²) >= 11 is 2.86. The summed E-state index contributed by atoms with van der Waals surface area (Å²) in [5, 5.41) is 8.73. The van der Waals surface area contributed by atoms with Gasteiger partial charge in [0.25, 0.3) is 0 Å². The van der Waals surface area contributed by atoms with Crippen LogP contribution in [0.5, 0.6) is 0 Å². The molecule has 0 radical (unpaired) electrons. The number of halogens is 1. The molecule has 0 spiro atoms. The summed E-state index contributed by atoms with van der Waals surface area (Å²) in [7, 11) is 3.80. The molecule has 1 aliphatic heterocycles. The molecule has 0 unspecified atom stereocenters. The summed E-state index contributed by atoms with van der Waals surface area (Å²) in [6.07, 6.45) is 0.675. The Morgan fingerprint density at radius 3 is 2.82 bits per heavy atom. The predicted octanol–water partition coefficient (Wildman–Crippen LogP) is 2.64. The molecule has 22 heavy (non-hydrogen) atoms. The number of nitrogens with zero attached hydrogens (tertiary/aromatic N) is 4. The van der Waals surface area contributed by atoms with E-state index < -0.39 is 0 Å². The van der Waals surface area contributed by atoms with Gasteiger partial charge in [0.15, 0.2) is 4.34 Å². The Morgan fingerprint density at radius 1 is 1.36 bits per heavy atom. The minimum atomic E-state index is -0.368. The normalized spacial score (nSPS) is 18.0. The fourth-order valence-corrected chi connectivity index (χ4v) is 4.27. The van der Waals surface area contributed by atoms with Gasteiger partial charge in [0.2, 0.25) is 11.0 Å². The summed E-state index contributed by atoms with van der Waals surface area (Å²) in [6.45, 7) is 0.525. The number of para-hydroxylation sites is 1. The topological polar surface area (TPSA) is 49.3 Å². The van der Waals surface area contributed by atoms with E-state index in [-0.39, 0.29) is 17.0 Å². The second kappa shape index (κ2) is 6.21. The fourth-order valence-electron chi connectivity index (χ4n) is 2.23. The van der Waals surface area contributed by atoms with Gasteiger partial charge in [0.05, 0.1) is 10.9 Å². The van der Waals surface area contributed by atoms with Crippen molar-refractivity contribution < 1.29 is 9.18 Å². The van der Waals surface area contributed by atoms with E-state index in [0.717, 1.165) is 9.47 Å². The molecule has 1 aromatic heterocycles. The van der Waals surface area contributed by atoms with Crippen LogP contribution in [0.3, 0.4) is 0 Å². The van der Waals surface area contributed by atoms with E-state index in [0.29, 0.717) is 18.7 Å². The number of hydrogen-bond donors (Lipinski definition) is 0. The van der Waals surface area contributed by atoms with Crippen molar-refractivity contribution in [3.63, 3.8) is 0 Å². The number of rotatable bonds is 4. The van der Waals surface area contributed by atoms with E-state index in [1.54, 1.807) is 18.2 Å². The Balaban J connectivity index is 1.72. The summed E-state index contributed by atoms with van der Waals surface area (Å²) in [6, 6.07) is 6.36. The average Bonchev–Trinajstić information content (AvgIpc) is 3.09. The lowest BCUT2D eigenvalue weighted by Crippen LogP contribution is -2.28. The molecule has 1 atom stereocenters. The first-order chi connectivity index (χ1) is 10.6. The lowest BCUT2D eigenvalue weighted by atomic mass is 10.3. The van der Waals surface area contributed by atoms with Crippen molar-refractivity contribution in [3.8, 4) is 0 Å². The molecule has 0 bridgehead atoms. The number of carbonyl (C=O) groups excluding carboxylic acids is 1. The second-order valence-electron chi connectivity index (χ2n) is 5.08. The van der Waals surface area contributed by atoms with Crippen molar-refractivity contribution in [3.05, 3.63) is 30.1 Å². The molecule has 1 fully saturated rings. The number of aromatic nitrogens is 2. The van der Waals surface area contributed by atoms with Gasteiger partial charge in [0.1, 0.15) is 5.82 Å². The standard InChI is InChI=1S/C14H15FN4OS2/c1-18(2)13-16-17-14(22-13)21-11-7-8-19(12(11)20)10-6-4-3-5-9(10)15/h3-6,11H,7-8H2,1-2H3/t11-/m1/s1. The van der Waals surface area contributed by atoms with Crippen LogP contribution in [0.2, 0.25) is 0 Å². The number of thioether (sulfide) groups is 1. The molecule has 2 heterocycles. The van der Waals surface area contributed by atoms with E-state index >= 15 is 0 Å². The molecule has 3 rings (SSSR count). The van der Waals surface area contributed by atoms with Crippen molar-refractivity contribution in [2.45, 2.75) is 16.0 Å². The van der Waals surface area contributed by atoms with Crippen molar-refractivity contribution in [2.75, 3.05) is 30.4 Å². The maximum atomic E-state index is 13.8. The maximum absolute atomic E-state index is 13.8. The van der Waals surface area contributed by atoms with Gasteiger partial charge in [-0.05, 0) is 18.6 Å². The average molecular weight is 338 g/mol. The maximum Gasteiger partial charge on any atom is 0.240 e. The highest BCUT2D eigenvalue weighted by Gasteiger charge is 2.35. The Bertz CT molecular complexity index is 691. The van der Waals surface area contributed by atoms with Crippen LogP contribution in [0.25, 0.3) is 0 Å². The first-order valence-electron chi connectivity index (χ1n) is 6.79. The summed E-state index contributed by atoms with van der Waals surface area (Å²) in [5.74, 6) is -0.441. The lowest BCUT2D eigenvalue weighted by molar-refractivity contribution is -0.116. The SMILES string of the molecule is CN(C)c1nnc(S[C@@H]2CCN(c3ccccc3F)C2=O)s1. The van der Waals surface area contributed by atoms with E-state index in [2.05, 4.69) is 10.2 Å². The molecule has 1 aliphatic rings. The molecule has 116 valence electrons. The van der Waals surface area contributed by atoms with Crippen LogP contribution in [0, 0.1) is 5.82 Å². The van der Waals surface area contributed by atoms with E-state index in [4.69, 9.17) is 0 Å². The molecule has 8 heteroatoms. The zero-order valence-corrected chi connectivity index (χ0v) is 13.8. The van der Waals surface area contributed by atoms with Gasteiger partial charge in [-0.15, -0.1) is 10.2 Å². The Labute approximate surface area is 136 Å². The molecule has 0 N–H and O–H groups in total. The van der Waals surface area contributed by atoms with Crippen LogP contribution >= 0.6 is 23.1 Å². The largest absolute Gasteiger partial charge is 0.353 e. The number of hydrogen-bond acceptors (Lipinski definition) is 6. The summed E-state index contributed by atoms with van der Waals surface area (Å²) < 4.78 is 14.6. The quantitative estimate of drug-likeness (QED) is 0.858. The van der Waals surface area contributed by atoms with Gasteiger partial charge in [0, 0.05) is 20.6 Å². The minimum Gasteiger partial charge on any atom is -0.353 e. The molecule has 1 aromatic carbocycles. The van der Waals surface area contributed by atoms with Gasteiger partial charge in [-0.2, -0.15) is 0 Å². The van der Waals surface area contributed by atoms with E-state index in [1.807, 2.05) is 19.0 Å². The summed E-state index contributed by atoms with van der Waals surface area (Å²) in [4.78, 5) is 15.9. The highest BCUT2D eigenvalue weighted by molar-refractivity contribution is 8.02. The third-order valence-electron chi connectivity index (χ3n) is 3.32. The van der Waals surface area contributed by atoms with Crippen molar-refractivity contribution >= 4 is 39.8 Å². The van der Waals surface area contributed by atoms with E-state index in [1.165, 1.54) is 34.1 Å². The fraction of sp³-hybridized carbons (Fsp3) is 0.357. The molecular weight excluding hydrogens is 323 g/mol. The van der Waals surface area contributed by atoms with Crippen molar-refractivity contribution in [1.29, 1.82) is 0 Å². The molecule has 5 nitrogen and oxygen atoms in total. The first-order valence-corrected chi connectivity index (χ1v) is 8.49. The predicted molar refractivity (Wildman–Crippen MR) is 87.3 cm³/mol. The van der Waals surface area contributed by atoms with Crippen molar-refractivity contribution in [2.24, 2.45) is 0 Å². The number of anilines is 2.